The molecule has 4 rings (SSSR count). The van der Waals surface area contributed by atoms with Crippen molar-refractivity contribution in [2.45, 2.75) is 6.61 Å². The van der Waals surface area contributed by atoms with E-state index < -0.39 is 6.09 Å². The topological polar surface area (TPSA) is 87.9 Å². The highest BCUT2D eigenvalue weighted by Gasteiger charge is 2.15. The van der Waals surface area contributed by atoms with Gasteiger partial charge in [-0.1, -0.05) is 6.07 Å². The summed E-state index contributed by atoms with van der Waals surface area (Å²) in [5.74, 6) is 1.34. The SMILES string of the molecule is CN1CCN(c2cccc(/C=C/C(=O)c3ccc(NC(=O)OCc4ccco4)cc3)n2)CC1. The third-order valence-electron chi connectivity index (χ3n) is 5.33. The summed E-state index contributed by atoms with van der Waals surface area (Å²) in [6.45, 7) is 3.93. The second kappa shape index (κ2) is 10.6. The number of amides is 1. The second-order valence-corrected chi connectivity index (χ2v) is 7.77. The van der Waals surface area contributed by atoms with Gasteiger partial charge in [0, 0.05) is 37.4 Å². The molecule has 1 aromatic carbocycles. The first-order chi connectivity index (χ1) is 16.1. The van der Waals surface area contributed by atoms with Gasteiger partial charge < -0.3 is 19.0 Å². The number of carbonyl (C=O) groups is 2. The summed E-state index contributed by atoms with van der Waals surface area (Å²) in [4.78, 5) is 33.7. The fourth-order valence-electron chi connectivity index (χ4n) is 3.40. The first-order valence-corrected chi connectivity index (χ1v) is 10.8. The number of ketones is 1. The fourth-order valence-corrected chi connectivity index (χ4v) is 3.40. The molecule has 170 valence electrons. The number of likely N-dealkylation sites (N-methyl/N-ethyl adjacent to an activating group) is 1. The Hall–Kier alpha value is -3.91. The van der Waals surface area contributed by atoms with Gasteiger partial charge >= 0.3 is 6.09 Å². The molecule has 1 amide bonds. The van der Waals surface area contributed by atoms with Crippen molar-refractivity contribution in [3.8, 4) is 0 Å². The van der Waals surface area contributed by atoms with E-state index in [9.17, 15) is 9.59 Å². The van der Waals surface area contributed by atoms with Gasteiger partial charge in [0.25, 0.3) is 0 Å². The zero-order valence-electron chi connectivity index (χ0n) is 18.4. The number of carbonyl (C=O) groups excluding carboxylic acids is 2. The number of furan rings is 1. The van der Waals surface area contributed by atoms with Gasteiger partial charge in [-0.25, -0.2) is 9.78 Å². The Morgan fingerprint density at radius 2 is 1.85 bits per heavy atom. The van der Waals surface area contributed by atoms with Crippen LogP contribution in [0.2, 0.25) is 0 Å². The first-order valence-electron chi connectivity index (χ1n) is 10.8. The van der Waals surface area contributed by atoms with Crippen LogP contribution in [-0.4, -0.2) is 55.0 Å². The molecule has 0 radical (unpaired) electrons. The van der Waals surface area contributed by atoms with Crippen molar-refractivity contribution >= 4 is 29.5 Å². The molecule has 0 spiro atoms. The molecular weight excluding hydrogens is 420 g/mol. The van der Waals surface area contributed by atoms with Gasteiger partial charge in [-0.2, -0.15) is 0 Å². The molecule has 0 unspecified atom stereocenters. The maximum atomic E-state index is 12.6. The maximum absolute atomic E-state index is 12.6. The minimum absolute atomic E-state index is 0.0459. The van der Waals surface area contributed by atoms with Gasteiger partial charge in [0.05, 0.1) is 12.0 Å². The maximum Gasteiger partial charge on any atom is 0.412 e. The summed E-state index contributed by atoms with van der Waals surface area (Å²) in [6, 6.07) is 15.9. The summed E-state index contributed by atoms with van der Waals surface area (Å²) in [5, 5.41) is 2.62. The number of allylic oxidation sites excluding steroid dienone is 1. The highest BCUT2D eigenvalue weighted by Crippen LogP contribution is 2.16. The Balaban J connectivity index is 1.31. The number of nitrogens with one attached hydrogen (secondary N) is 1. The van der Waals surface area contributed by atoms with Gasteiger partial charge in [0.1, 0.15) is 11.6 Å². The van der Waals surface area contributed by atoms with Crippen molar-refractivity contribution in [2.75, 3.05) is 43.4 Å². The number of piperazine rings is 1. The highest BCUT2D eigenvalue weighted by atomic mass is 16.6. The van der Waals surface area contributed by atoms with E-state index in [0.29, 0.717) is 17.0 Å². The molecule has 33 heavy (non-hydrogen) atoms. The number of ether oxygens (including phenoxy) is 1. The molecule has 2 aromatic heterocycles. The fraction of sp³-hybridized carbons (Fsp3) is 0.240. The Kier molecular flexibility index (Phi) is 7.16. The van der Waals surface area contributed by atoms with E-state index in [2.05, 4.69) is 27.1 Å². The molecule has 0 saturated carbocycles. The average molecular weight is 447 g/mol. The quantitative estimate of drug-likeness (QED) is 0.432. The molecule has 1 fully saturated rings. The lowest BCUT2D eigenvalue weighted by atomic mass is 10.1. The Morgan fingerprint density at radius 1 is 1.06 bits per heavy atom. The van der Waals surface area contributed by atoms with E-state index in [1.54, 1.807) is 42.5 Å². The number of hydrogen-bond acceptors (Lipinski definition) is 7. The van der Waals surface area contributed by atoms with Crippen LogP contribution >= 0.6 is 0 Å². The number of hydrogen-bond donors (Lipinski definition) is 1. The molecule has 1 N–H and O–H groups in total. The number of benzene rings is 1. The van der Waals surface area contributed by atoms with Gasteiger partial charge in [0.2, 0.25) is 0 Å². The summed E-state index contributed by atoms with van der Waals surface area (Å²) >= 11 is 0. The van der Waals surface area contributed by atoms with Crippen molar-refractivity contribution in [2.24, 2.45) is 0 Å². The zero-order valence-corrected chi connectivity index (χ0v) is 18.4. The summed E-state index contributed by atoms with van der Waals surface area (Å²) < 4.78 is 10.2. The largest absolute Gasteiger partial charge is 0.466 e. The lowest BCUT2D eigenvalue weighted by Gasteiger charge is -2.33. The molecule has 0 atom stereocenters. The van der Waals surface area contributed by atoms with Crippen LogP contribution in [0.4, 0.5) is 16.3 Å². The van der Waals surface area contributed by atoms with Crippen LogP contribution in [0.5, 0.6) is 0 Å². The van der Waals surface area contributed by atoms with Crippen LogP contribution in [0, 0.1) is 0 Å². The first kappa shape index (κ1) is 22.3. The molecule has 3 aromatic rings. The van der Waals surface area contributed by atoms with Gasteiger partial charge in [0.15, 0.2) is 12.4 Å². The summed E-state index contributed by atoms with van der Waals surface area (Å²) in [6.07, 6.45) is 4.15. The monoisotopic (exact) mass is 446 g/mol. The van der Waals surface area contributed by atoms with E-state index in [1.807, 2.05) is 18.2 Å². The number of aromatic nitrogens is 1. The van der Waals surface area contributed by atoms with Gasteiger partial charge in [-0.05, 0) is 67.7 Å². The molecule has 0 bridgehead atoms. The summed E-state index contributed by atoms with van der Waals surface area (Å²) in [7, 11) is 2.12. The number of anilines is 2. The number of rotatable bonds is 7. The van der Waals surface area contributed by atoms with Crippen LogP contribution < -0.4 is 10.2 Å². The Morgan fingerprint density at radius 3 is 2.58 bits per heavy atom. The van der Waals surface area contributed by atoms with Crippen molar-refractivity contribution in [1.82, 2.24) is 9.88 Å². The average Bonchev–Trinajstić information content (AvgIpc) is 3.36. The molecule has 8 nitrogen and oxygen atoms in total. The number of pyridine rings is 1. The third kappa shape index (κ3) is 6.30. The van der Waals surface area contributed by atoms with Crippen molar-refractivity contribution in [1.29, 1.82) is 0 Å². The van der Waals surface area contributed by atoms with E-state index in [0.717, 1.165) is 37.7 Å². The normalized spacial score (nSPS) is 14.4. The Bertz CT molecular complexity index is 1100. The van der Waals surface area contributed by atoms with E-state index in [4.69, 9.17) is 9.15 Å². The minimum atomic E-state index is -0.600. The molecule has 1 saturated heterocycles. The standard InChI is InChI=1S/C25H26N4O4/c1-28-13-15-29(16-14-28)24-6-2-4-20(26-24)11-12-23(30)19-7-9-21(10-8-19)27-25(31)33-18-22-5-3-17-32-22/h2-12,17H,13-16,18H2,1H3,(H,27,31)/b12-11+. The smallest absolute Gasteiger partial charge is 0.412 e. The number of nitrogens with zero attached hydrogens (tertiary/aromatic N) is 3. The molecule has 8 heteroatoms. The van der Waals surface area contributed by atoms with Gasteiger partial charge in [-0.15, -0.1) is 0 Å². The second-order valence-electron chi connectivity index (χ2n) is 7.77. The molecule has 1 aliphatic rings. The van der Waals surface area contributed by atoms with E-state index in [-0.39, 0.29) is 12.4 Å². The molecular formula is C25H26N4O4. The molecule has 0 aliphatic carbocycles. The lowest BCUT2D eigenvalue weighted by Crippen LogP contribution is -2.44. The molecule has 3 heterocycles. The Labute approximate surface area is 192 Å². The zero-order chi connectivity index (χ0) is 23.0. The van der Waals surface area contributed by atoms with Crippen LogP contribution in [0.25, 0.3) is 6.08 Å². The van der Waals surface area contributed by atoms with E-state index >= 15 is 0 Å². The van der Waals surface area contributed by atoms with Crippen LogP contribution in [0.15, 0.2) is 71.4 Å². The van der Waals surface area contributed by atoms with Crippen LogP contribution in [0.1, 0.15) is 21.8 Å². The van der Waals surface area contributed by atoms with Crippen molar-refractivity contribution in [3.63, 3.8) is 0 Å². The predicted octanol–water partition coefficient (Wildman–Crippen LogP) is 4.07. The van der Waals surface area contributed by atoms with Gasteiger partial charge in [-0.3, -0.25) is 10.1 Å². The third-order valence-corrected chi connectivity index (χ3v) is 5.33. The minimum Gasteiger partial charge on any atom is -0.466 e. The summed E-state index contributed by atoms with van der Waals surface area (Å²) in [5.41, 5.74) is 1.77. The predicted molar refractivity (Wildman–Crippen MR) is 126 cm³/mol. The van der Waals surface area contributed by atoms with Crippen LogP contribution in [0.3, 0.4) is 0 Å². The highest BCUT2D eigenvalue weighted by molar-refractivity contribution is 6.07. The lowest BCUT2D eigenvalue weighted by molar-refractivity contribution is 0.104. The van der Waals surface area contributed by atoms with Crippen molar-refractivity contribution < 1.29 is 18.7 Å². The van der Waals surface area contributed by atoms with Crippen molar-refractivity contribution in [3.05, 3.63) is 84.0 Å². The van der Waals surface area contributed by atoms with E-state index in [1.165, 1.54) is 12.3 Å². The van der Waals surface area contributed by atoms with Crippen LogP contribution in [-0.2, 0) is 11.3 Å². The molecule has 1 aliphatic heterocycles.